The highest BCUT2D eigenvalue weighted by Gasteiger charge is 2.12. The molecule has 0 aliphatic carbocycles. The molecule has 0 amide bonds. The molecule has 3 heteroatoms. The van der Waals surface area contributed by atoms with E-state index in [1.54, 1.807) is 0 Å². The average Bonchev–Trinajstić information content (AvgIpc) is 2.68. The van der Waals surface area contributed by atoms with E-state index in [0.717, 1.165) is 32.8 Å². The lowest BCUT2D eigenvalue weighted by atomic mass is 10.3. The Bertz CT molecular complexity index is 92.9. The van der Waals surface area contributed by atoms with E-state index in [0.29, 0.717) is 6.04 Å². The van der Waals surface area contributed by atoms with E-state index in [-0.39, 0.29) is 0 Å². The Morgan fingerprint density at radius 3 is 2.77 bits per heavy atom. The molecular formula is C10H24N2O. The largest absolute Gasteiger partial charge is 0.380 e. The van der Waals surface area contributed by atoms with Gasteiger partial charge < -0.3 is 15.4 Å². The van der Waals surface area contributed by atoms with Gasteiger partial charge in [0.2, 0.25) is 0 Å². The summed E-state index contributed by atoms with van der Waals surface area (Å²) >= 11 is 0. The highest BCUT2D eigenvalue weighted by molar-refractivity contribution is 4.76. The van der Waals surface area contributed by atoms with E-state index in [1.165, 1.54) is 6.42 Å². The molecule has 0 saturated carbocycles. The average molecular weight is 188 g/mol. The van der Waals surface area contributed by atoms with E-state index in [2.05, 4.69) is 10.6 Å². The number of hydrogen-bond acceptors (Lipinski definition) is 3. The Hall–Kier alpha value is -0.120. The second-order valence-electron chi connectivity index (χ2n) is 2.84. The maximum absolute atomic E-state index is 5.21. The first-order chi connectivity index (χ1) is 6.43. The van der Waals surface area contributed by atoms with Gasteiger partial charge in [0.15, 0.2) is 0 Å². The summed E-state index contributed by atoms with van der Waals surface area (Å²) in [5.41, 5.74) is 0. The van der Waals surface area contributed by atoms with E-state index in [9.17, 15) is 0 Å². The summed E-state index contributed by atoms with van der Waals surface area (Å²) in [4.78, 5) is 0. The lowest BCUT2D eigenvalue weighted by Crippen LogP contribution is -2.33. The molecule has 1 atom stereocenters. The summed E-state index contributed by atoms with van der Waals surface area (Å²) in [6.45, 7) is 11.0. The fourth-order valence-electron chi connectivity index (χ4n) is 1.31. The van der Waals surface area contributed by atoms with Crippen LogP contribution in [0.5, 0.6) is 0 Å². The van der Waals surface area contributed by atoms with E-state index in [1.807, 2.05) is 20.8 Å². The van der Waals surface area contributed by atoms with Gasteiger partial charge in [-0.1, -0.05) is 13.8 Å². The van der Waals surface area contributed by atoms with Crippen molar-refractivity contribution in [2.45, 2.75) is 33.2 Å². The molecule has 80 valence electrons. The molecule has 0 bridgehead atoms. The molecule has 1 heterocycles. The summed E-state index contributed by atoms with van der Waals surface area (Å²) in [5.74, 6) is 0. The van der Waals surface area contributed by atoms with Crippen molar-refractivity contribution in [2.24, 2.45) is 0 Å². The summed E-state index contributed by atoms with van der Waals surface area (Å²) in [6, 6.07) is 0.676. The van der Waals surface area contributed by atoms with Gasteiger partial charge in [-0.2, -0.15) is 0 Å². The summed E-state index contributed by atoms with van der Waals surface area (Å²) in [6.07, 6.45) is 1.26. The highest BCUT2D eigenvalue weighted by atomic mass is 16.5. The molecule has 1 unspecified atom stereocenters. The van der Waals surface area contributed by atoms with Gasteiger partial charge in [0.1, 0.15) is 0 Å². The third-order valence-electron chi connectivity index (χ3n) is 1.94. The molecule has 0 spiro atoms. The molecule has 0 aromatic heterocycles. The fourth-order valence-corrected chi connectivity index (χ4v) is 1.31. The second-order valence-corrected chi connectivity index (χ2v) is 2.84. The van der Waals surface area contributed by atoms with Crippen molar-refractivity contribution in [1.82, 2.24) is 10.6 Å². The molecule has 1 saturated heterocycles. The first-order valence-electron chi connectivity index (χ1n) is 5.45. The lowest BCUT2D eigenvalue weighted by Gasteiger charge is -2.10. The van der Waals surface area contributed by atoms with Crippen molar-refractivity contribution in [1.29, 1.82) is 0 Å². The standard InChI is InChI=1S/C8H18N2O.C2H6/c1-2-11-6-5-10-8-3-4-9-7-8;1-2/h8-10H,2-7H2,1H3;1-2H3. The number of nitrogens with one attached hydrogen (secondary N) is 2. The smallest absolute Gasteiger partial charge is 0.0590 e. The topological polar surface area (TPSA) is 33.3 Å². The van der Waals surface area contributed by atoms with Crippen molar-refractivity contribution in [3.8, 4) is 0 Å². The van der Waals surface area contributed by atoms with Gasteiger partial charge >= 0.3 is 0 Å². The zero-order valence-corrected chi connectivity index (χ0v) is 9.23. The Kier molecular flexibility index (Phi) is 9.87. The molecule has 0 radical (unpaired) electrons. The number of hydrogen-bond donors (Lipinski definition) is 2. The predicted molar refractivity (Wildman–Crippen MR) is 57.1 cm³/mol. The SMILES string of the molecule is CC.CCOCCNC1CCNC1. The van der Waals surface area contributed by atoms with Crippen LogP contribution in [0.3, 0.4) is 0 Å². The third kappa shape index (κ3) is 6.99. The van der Waals surface area contributed by atoms with Crippen molar-refractivity contribution in [2.75, 3.05) is 32.8 Å². The van der Waals surface area contributed by atoms with Crippen LogP contribution in [0.4, 0.5) is 0 Å². The van der Waals surface area contributed by atoms with Crippen molar-refractivity contribution in [3.05, 3.63) is 0 Å². The van der Waals surface area contributed by atoms with E-state index < -0.39 is 0 Å². The maximum Gasteiger partial charge on any atom is 0.0590 e. The monoisotopic (exact) mass is 188 g/mol. The van der Waals surface area contributed by atoms with Crippen LogP contribution in [-0.2, 0) is 4.74 Å². The minimum atomic E-state index is 0.676. The first-order valence-corrected chi connectivity index (χ1v) is 5.45. The molecule has 1 rings (SSSR count). The van der Waals surface area contributed by atoms with Crippen LogP contribution in [0.15, 0.2) is 0 Å². The fraction of sp³-hybridized carbons (Fsp3) is 1.00. The Balaban J connectivity index is 0.000000671. The molecule has 1 aliphatic heterocycles. The molecule has 0 aromatic rings. The molecule has 0 aromatic carbocycles. The van der Waals surface area contributed by atoms with Crippen molar-refractivity contribution in [3.63, 3.8) is 0 Å². The van der Waals surface area contributed by atoms with Gasteiger partial charge in [-0.05, 0) is 19.9 Å². The quantitative estimate of drug-likeness (QED) is 0.632. The molecule has 2 N–H and O–H groups in total. The Morgan fingerprint density at radius 1 is 1.46 bits per heavy atom. The Morgan fingerprint density at radius 2 is 2.23 bits per heavy atom. The molecule has 3 nitrogen and oxygen atoms in total. The number of rotatable bonds is 5. The van der Waals surface area contributed by atoms with E-state index >= 15 is 0 Å². The highest BCUT2D eigenvalue weighted by Crippen LogP contribution is 1.95. The number of ether oxygens (including phenoxy) is 1. The maximum atomic E-state index is 5.21. The van der Waals surface area contributed by atoms with Gasteiger partial charge in [-0.25, -0.2) is 0 Å². The molecular weight excluding hydrogens is 164 g/mol. The predicted octanol–water partition coefficient (Wildman–Crippen LogP) is 1.00. The Labute approximate surface area is 82.2 Å². The third-order valence-corrected chi connectivity index (χ3v) is 1.94. The minimum Gasteiger partial charge on any atom is -0.380 e. The van der Waals surface area contributed by atoms with Gasteiger partial charge in [0.25, 0.3) is 0 Å². The van der Waals surface area contributed by atoms with Crippen LogP contribution in [0.25, 0.3) is 0 Å². The molecule has 13 heavy (non-hydrogen) atoms. The van der Waals surface area contributed by atoms with Crippen molar-refractivity contribution < 1.29 is 4.74 Å². The van der Waals surface area contributed by atoms with Crippen LogP contribution in [0.2, 0.25) is 0 Å². The van der Waals surface area contributed by atoms with Gasteiger partial charge in [-0.3, -0.25) is 0 Å². The van der Waals surface area contributed by atoms with Crippen LogP contribution in [-0.4, -0.2) is 38.9 Å². The van der Waals surface area contributed by atoms with Crippen LogP contribution >= 0.6 is 0 Å². The summed E-state index contributed by atoms with van der Waals surface area (Å²) in [7, 11) is 0. The zero-order valence-electron chi connectivity index (χ0n) is 9.23. The zero-order chi connectivity index (χ0) is 9.94. The van der Waals surface area contributed by atoms with Crippen LogP contribution in [0.1, 0.15) is 27.2 Å². The summed E-state index contributed by atoms with van der Waals surface area (Å²) in [5, 5.41) is 6.74. The van der Waals surface area contributed by atoms with Gasteiger partial charge in [0.05, 0.1) is 6.61 Å². The minimum absolute atomic E-state index is 0.676. The van der Waals surface area contributed by atoms with Gasteiger partial charge in [-0.15, -0.1) is 0 Å². The van der Waals surface area contributed by atoms with Gasteiger partial charge in [0, 0.05) is 25.7 Å². The summed E-state index contributed by atoms with van der Waals surface area (Å²) < 4.78 is 5.21. The normalized spacial score (nSPS) is 21.0. The lowest BCUT2D eigenvalue weighted by molar-refractivity contribution is 0.147. The van der Waals surface area contributed by atoms with Crippen LogP contribution < -0.4 is 10.6 Å². The molecule has 1 aliphatic rings. The van der Waals surface area contributed by atoms with Crippen LogP contribution in [0, 0.1) is 0 Å². The first kappa shape index (κ1) is 12.9. The molecule has 1 fully saturated rings. The second kappa shape index (κ2) is 9.96. The van der Waals surface area contributed by atoms with Crippen molar-refractivity contribution >= 4 is 0 Å². The van der Waals surface area contributed by atoms with E-state index in [4.69, 9.17) is 4.74 Å².